The average molecular weight is 508 g/mol. The maximum Gasteiger partial charge on any atom is 0.490 e. The summed E-state index contributed by atoms with van der Waals surface area (Å²) in [5.41, 5.74) is -4.49. The van der Waals surface area contributed by atoms with Crippen molar-refractivity contribution in [2.45, 2.75) is 24.0 Å². The van der Waals surface area contributed by atoms with Crippen molar-refractivity contribution in [2.24, 2.45) is 0 Å². The molecule has 1 saturated heterocycles. The summed E-state index contributed by atoms with van der Waals surface area (Å²) < 4.78 is 50.8. The van der Waals surface area contributed by atoms with Gasteiger partial charge in [-0.1, -0.05) is 5.92 Å². The van der Waals surface area contributed by atoms with Crippen molar-refractivity contribution >= 4 is 23.5 Å². The van der Waals surface area contributed by atoms with Crippen LogP contribution in [0.4, 0.5) is 0 Å². The van der Waals surface area contributed by atoms with E-state index in [1.54, 1.807) is 5.92 Å². The highest BCUT2D eigenvalue weighted by atomic mass is 31.3. The number of aromatic nitrogens is 2. The molecule has 0 spiro atoms. The van der Waals surface area contributed by atoms with Gasteiger partial charge >= 0.3 is 29.2 Å². The van der Waals surface area contributed by atoms with Gasteiger partial charge in [0.15, 0.2) is 11.8 Å². The van der Waals surface area contributed by atoms with Crippen LogP contribution in [0.3, 0.4) is 0 Å². The number of hydrogen-bond acceptors (Lipinski definition) is 11. The molecule has 7 N–H and O–H groups in total. The molecule has 1 aromatic rings. The summed E-state index contributed by atoms with van der Waals surface area (Å²) in [7, 11) is -16.9. The molecule has 2 heterocycles. The van der Waals surface area contributed by atoms with Gasteiger partial charge in [0.2, 0.25) is 0 Å². The molecule has 31 heavy (non-hydrogen) atoms. The van der Waals surface area contributed by atoms with E-state index in [1.165, 1.54) is 0 Å². The van der Waals surface area contributed by atoms with Crippen molar-refractivity contribution in [3.05, 3.63) is 33.1 Å². The van der Waals surface area contributed by atoms with Crippen molar-refractivity contribution in [2.75, 3.05) is 6.61 Å². The number of hydrogen-bond donors (Lipinski definition) is 7. The first kappa shape index (κ1) is 25.8. The Bertz CT molecular complexity index is 1130. The van der Waals surface area contributed by atoms with Crippen molar-refractivity contribution in [3.8, 4) is 12.3 Å². The highest BCUT2D eigenvalue weighted by Gasteiger charge is 2.56. The number of aromatic amines is 1. The van der Waals surface area contributed by atoms with Crippen LogP contribution in [-0.2, 0) is 31.6 Å². The molecule has 1 aliphatic rings. The monoisotopic (exact) mass is 508 g/mol. The normalized spacial score (nSPS) is 30.3. The quantitative estimate of drug-likeness (QED) is 0.141. The molecule has 0 aromatic carbocycles. The molecule has 0 saturated carbocycles. The van der Waals surface area contributed by atoms with Gasteiger partial charge in [0, 0.05) is 12.3 Å². The molecule has 2 rings (SSSR count). The van der Waals surface area contributed by atoms with Gasteiger partial charge in [-0.3, -0.25) is 18.9 Å². The first-order valence-electron chi connectivity index (χ1n) is 7.63. The maximum absolute atomic E-state index is 11.9. The first-order valence-corrected chi connectivity index (χ1v) is 12.2. The second-order valence-corrected chi connectivity index (χ2v) is 10.3. The topological polar surface area (TPSA) is 264 Å². The van der Waals surface area contributed by atoms with E-state index in [0.29, 0.717) is 4.57 Å². The van der Waals surface area contributed by atoms with Crippen LogP contribution in [0.2, 0.25) is 0 Å². The highest BCUT2D eigenvalue weighted by Crippen LogP contribution is 2.66. The lowest BCUT2D eigenvalue weighted by molar-refractivity contribution is -0.0761. The van der Waals surface area contributed by atoms with Crippen LogP contribution in [0.5, 0.6) is 0 Å². The summed E-state index contributed by atoms with van der Waals surface area (Å²) >= 11 is 0. The van der Waals surface area contributed by atoms with Crippen LogP contribution in [0, 0.1) is 12.3 Å². The number of H-pyrrole nitrogens is 1. The van der Waals surface area contributed by atoms with Crippen LogP contribution in [0.1, 0.15) is 6.23 Å². The minimum atomic E-state index is -5.78. The molecule has 174 valence electrons. The van der Waals surface area contributed by atoms with Gasteiger partial charge in [-0.25, -0.2) is 18.5 Å². The van der Waals surface area contributed by atoms with Crippen molar-refractivity contribution in [3.63, 3.8) is 0 Å². The Balaban J connectivity index is 2.19. The highest BCUT2D eigenvalue weighted by molar-refractivity contribution is 7.66. The number of aliphatic hydroxyl groups excluding tert-OH is 1. The Kier molecular flexibility index (Phi) is 7.33. The second-order valence-electron chi connectivity index (χ2n) is 5.85. The third kappa shape index (κ3) is 6.28. The number of phosphoric acid groups is 3. The Morgan fingerprint density at radius 2 is 1.81 bits per heavy atom. The second kappa shape index (κ2) is 8.81. The van der Waals surface area contributed by atoms with Gasteiger partial charge in [-0.05, 0) is 0 Å². The Hall–Kier alpha value is -1.47. The van der Waals surface area contributed by atoms with E-state index < -0.39 is 65.4 Å². The van der Waals surface area contributed by atoms with E-state index in [0.717, 1.165) is 12.3 Å². The minimum absolute atomic E-state index is 0.606. The van der Waals surface area contributed by atoms with E-state index >= 15 is 0 Å². The summed E-state index contributed by atoms with van der Waals surface area (Å²) in [5, 5.41) is 20.8. The SMILES string of the molecule is C#C[C@]1(O)[C@H](O)[C@@H](COP(=O)(O)OP(=O)(O)OP(=O)(O)O)O[C@H]1n1ccc(=O)[nH]c1=O. The molecule has 0 radical (unpaired) electrons. The Labute approximate surface area is 171 Å². The fourth-order valence-electron chi connectivity index (χ4n) is 2.42. The molecule has 1 fully saturated rings. The molecule has 20 heteroatoms. The lowest BCUT2D eigenvalue weighted by Crippen LogP contribution is -2.48. The van der Waals surface area contributed by atoms with Gasteiger partial charge in [0.1, 0.15) is 12.2 Å². The number of ether oxygens (including phenoxy) is 1. The zero-order valence-electron chi connectivity index (χ0n) is 14.8. The summed E-state index contributed by atoms with van der Waals surface area (Å²) in [6.45, 7) is -1.15. The lowest BCUT2D eigenvalue weighted by atomic mass is 9.95. The van der Waals surface area contributed by atoms with Gasteiger partial charge in [-0.15, -0.1) is 6.42 Å². The number of rotatable bonds is 8. The van der Waals surface area contributed by atoms with Gasteiger partial charge < -0.3 is 34.5 Å². The third-order valence-electron chi connectivity index (χ3n) is 3.64. The summed E-state index contributed by atoms with van der Waals surface area (Å²) in [6, 6.07) is 0.869. The van der Waals surface area contributed by atoms with Gasteiger partial charge in [0.05, 0.1) is 6.61 Å². The number of phosphoric ester groups is 1. The van der Waals surface area contributed by atoms with Crippen LogP contribution < -0.4 is 11.2 Å². The number of aliphatic hydroxyl groups is 2. The fraction of sp³-hybridized carbons (Fsp3) is 0.455. The number of terminal acetylenes is 1. The molecular formula is C11H15N2O15P3. The van der Waals surface area contributed by atoms with Crippen LogP contribution in [0.15, 0.2) is 21.9 Å². The molecule has 2 unspecified atom stereocenters. The zero-order chi connectivity index (χ0) is 23.8. The molecule has 0 amide bonds. The minimum Gasteiger partial charge on any atom is -0.386 e. The molecule has 0 aliphatic carbocycles. The smallest absolute Gasteiger partial charge is 0.386 e. The largest absolute Gasteiger partial charge is 0.490 e. The van der Waals surface area contributed by atoms with Crippen molar-refractivity contribution < 1.29 is 61.4 Å². The molecule has 0 bridgehead atoms. The van der Waals surface area contributed by atoms with Crippen molar-refractivity contribution in [1.82, 2.24) is 9.55 Å². The summed E-state index contributed by atoms with van der Waals surface area (Å²) in [5.74, 6) is 1.79. The molecule has 6 atom stereocenters. The van der Waals surface area contributed by atoms with Crippen LogP contribution in [0.25, 0.3) is 0 Å². The predicted octanol–water partition coefficient (Wildman–Crippen LogP) is -2.50. The third-order valence-corrected chi connectivity index (χ3v) is 7.44. The van der Waals surface area contributed by atoms with E-state index in [1.807, 2.05) is 4.98 Å². The summed E-state index contributed by atoms with van der Waals surface area (Å²) in [6.07, 6.45) is 0.460. The van der Waals surface area contributed by atoms with E-state index in [-0.39, 0.29) is 0 Å². The number of nitrogens with one attached hydrogen (secondary N) is 1. The summed E-state index contributed by atoms with van der Waals surface area (Å²) in [4.78, 5) is 60.4. The van der Waals surface area contributed by atoms with E-state index in [9.17, 15) is 38.4 Å². The van der Waals surface area contributed by atoms with Crippen LogP contribution >= 0.6 is 23.5 Å². The van der Waals surface area contributed by atoms with E-state index in [2.05, 4.69) is 13.1 Å². The van der Waals surface area contributed by atoms with Crippen LogP contribution in [-0.4, -0.2) is 63.8 Å². The van der Waals surface area contributed by atoms with E-state index in [4.69, 9.17) is 25.8 Å². The molecule has 17 nitrogen and oxygen atoms in total. The molecule has 1 aromatic heterocycles. The maximum atomic E-state index is 11.9. The predicted molar refractivity (Wildman–Crippen MR) is 94.8 cm³/mol. The van der Waals surface area contributed by atoms with Gasteiger partial charge in [-0.2, -0.15) is 8.62 Å². The van der Waals surface area contributed by atoms with Gasteiger partial charge in [0.25, 0.3) is 5.56 Å². The molecular weight excluding hydrogens is 493 g/mol. The Morgan fingerprint density at radius 1 is 1.19 bits per heavy atom. The molecule has 1 aliphatic heterocycles. The standard InChI is InChI=1S/C11H15N2O15P3/c1-2-11(17)8(15)6(26-9(11)13-4-3-7(14)12-10(13)16)5-25-30(21,22)28-31(23,24)27-29(18,19)20/h1,3-4,6,8-9,15,17H,5H2,(H,21,22)(H,23,24)(H,12,14,16)(H2,18,19,20)/t6-,8-,9-,11+/m1/s1. The van der Waals surface area contributed by atoms with Crippen molar-refractivity contribution in [1.29, 1.82) is 0 Å². The Morgan fingerprint density at radius 3 is 2.32 bits per heavy atom. The zero-order valence-corrected chi connectivity index (χ0v) is 17.5. The average Bonchev–Trinajstić information content (AvgIpc) is 2.82. The number of nitrogens with zero attached hydrogens (tertiary/aromatic N) is 1. The lowest BCUT2D eigenvalue weighted by Gasteiger charge is -2.26. The fourth-order valence-corrected chi connectivity index (χ4v) is 5.45. The first-order chi connectivity index (χ1) is 14.0.